The SMILES string of the molecule is CC(NC(=O)C(C#N)=Cc1ccncc1Br)c1ccccc1. The van der Waals surface area contributed by atoms with Crippen LogP contribution in [0.2, 0.25) is 0 Å². The van der Waals surface area contributed by atoms with Crippen molar-refractivity contribution in [2.24, 2.45) is 0 Å². The van der Waals surface area contributed by atoms with Gasteiger partial charge in [0, 0.05) is 16.9 Å². The molecule has 1 unspecified atom stereocenters. The molecule has 0 aliphatic carbocycles. The number of amides is 1. The Labute approximate surface area is 137 Å². The van der Waals surface area contributed by atoms with Crippen LogP contribution in [0.15, 0.2) is 58.8 Å². The van der Waals surface area contributed by atoms with Gasteiger partial charge in [0.1, 0.15) is 11.6 Å². The van der Waals surface area contributed by atoms with E-state index in [1.54, 1.807) is 24.5 Å². The van der Waals surface area contributed by atoms with Gasteiger partial charge in [0.2, 0.25) is 0 Å². The van der Waals surface area contributed by atoms with Crippen LogP contribution in [0, 0.1) is 11.3 Å². The third kappa shape index (κ3) is 4.03. The maximum absolute atomic E-state index is 12.2. The second kappa shape index (κ2) is 7.53. The van der Waals surface area contributed by atoms with Crippen LogP contribution in [-0.2, 0) is 4.79 Å². The number of hydrogen-bond donors (Lipinski definition) is 1. The zero-order valence-corrected chi connectivity index (χ0v) is 13.5. The quantitative estimate of drug-likeness (QED) is 0.672. The van der Waals surface area contributed by atoms with Gasteiger partial charge in [-0.3, -0.25) is 9.78 Å². The van der Waals surface area contributed by atoms with E-state index in [2.05, 4.69) is 26.2 Å². The Morgan fingerprint density at radius 1 is 1.36 bits per heavy atom. The number of nitrogens with zero attached hydrogens (tertiary/aromatic N) is 2. The molecule has 0 saturated heterocycles. The van der Waals surface area contributed by atoms with Crippen LogP contribution in [0.25, 0.3) is 6.08 Å². The summed E-state index contributed by atoms with van der Waals surface area (Å²) in [6.45, 7) is 1.88. The molecule has 0 spiro atoms. The summed E-state index contributed by atoms with van der Waals surface area (Å²) in [5.41, 5.74) is 1.77. The molecule has 1 amide bonds. The average molecular weight is 356 g/mol. The van der Waals surface area contributed by atoms with E-state index in [1.807, 2.05) is 43.3 Å². The Bertz CT molecular complexity index is 735. The van der Waals surface area contributed by atoms with E-state index in [0.29, 0.717) is 0 Å². The third-order valence-electron chi connectivity index (χ3n) is 3.12. The Kier molecular flexibility index (Phi) is 5.45. The third-order valence-corrected chi connectivity index (χ3v) is 3.78. The number of nitrogens with one attached hydrogen (secondary N) is 1. The van der Waals surface area contributed by atoms with Crippen LogP contribution in [0.1, 0.15) is 24.1 Å². The van der Waals surface area contributed by atoms with Gasteiger partial charge >= 0.3 is 0 Å². The molecule has 2 rings (SSSR count). The number of pyridine rings is 1. The Hall–Kier alpha value is -2.45. The highest BCUT2D eigenvalue weighted by Crippen LogP contribution is 2.18. The molecule has 0 aliphatic rings. The van der Waals surface area contributed by atoms with Crippen LogP contribution in [0.4, 0.5) is 0 Å². The second-order valence-electron chi connectivity index (χ2n) is 4.67. The molecule has 4 nitrogen and oxygen atoms in total. The number of nitriles is 1. The summed E-state index contributed by atoms with van der Waals surface area (Å²) in [4.78, 5) is 16.2. The maximum Gasteiger partial charge on any atom is 0.262 e. The minimum atomic E-state index is -0.400. The fraction of sp³-hybridized carbons (Fsp3) is 0.118. The van der Waals surface area contributed by atoms with Gasteiger partial charge < -0.3 is 5.32 Å². The predicted octanol–water partition coefficient (Wildman–Crippen LogP) is 3.63. The molecular formula is C17H14BrN3O. The normalized spacial score (nSPS) is 12.3. The average Bonchev–Trinajstić information content (AvgIpc) is 2.54. The van der Waals surface area contributed by atoms with Gasteiger partial charge in [-0.25, -0.2) is 0 Å². The van der Waals surface area contributed by atoms with E-state index >= 15 is 0 Å². The fourth-order valence-corrected chi connectivity index (χ4v) is 2.27. The first kappa shape index (κ1) is 15.9. The summed E-state index contributed by atoms with van der Waals surface area (Å²) >= 11 is 3.34. The van der Waals surface area contributed by atoms with Gasteiger partial charge in [0.15, 0.2) is 0 Å². The molecule has 2 aromatic rings. The largest absolute Gasteiger partial charge is 0.345 e. The monoisotopic (exact) mass is 355 g/mol. The minimum absolute atomic E-state index is 0.0506. The fourth-order valence-electron chi connectivity index (χ4n) is 1.91. The van der Waals surface area contributed by atoms with E-state index in [4.69, 9.17) is 0 Å². The van der Waals surface area contributed by atoms with Crippen molar-refractivity contribution in [1.82, 2.24) is 10.3 Å². The van der Waals surface area contributed by atoms with Crippen LogP contribution in [0.5, 0.6) is 0 Å². The Morgan fingerprint density at radius 2 is 2.09 bits per heavy atom. The molecule has 1 aromatic heterocycles. The van der Waals surface area contributed by atoms with Gasteiger partial charge in [-0.1, -0.05) is 30.3 Å². The molecule has 1 aromatic carbocycles. The number of aromatic nitrogens is 1. The lowest BCUT2D eigenvalue weighted by molar-refractivity contribution is -0.117. The Balaban J connectivity index is 2.17. The summed E-state index contributed by atoms with van der Waals surface area (Å²) in [6.07, 6.45) is 4.76. The van der Waals surface area contributed by atoms with Gasteiger partial charge in [0.05, 0.1) is 6.04 Å². The smallest absolute Gasteiger partial charge is 0.262 e. The van der Waals surface area contributed by atoms with Crippen molar-refractivity contribution in [2.75, 3.05) is 0 Å². The van der Waals surface area contributed by atoms with E-state index in [9.17, 15) is 10.1 Å². The summed E-state index contributed by atoms with van der Waals surface area (Å²) < 4.78 is 0.728. The molecule has 0 aliphatic heterocycles. The van der Waals surface area contributed by atoms with Crippen molar-refractivity contribution in [2.45, 2.75) is 13.0 Å². The highest BCUT2D eigenvalue weighted by molar-refractivity contribution is 9.10. The summed E-state index contributed by atoms with van der Waals surface area (Å²) in [6, 6.07) is 13.1. The first-order chi connectivity index (χ1) is 10.6. The van der Waals surface area contributed by atoms with Gasteiger partial charge in [-0.15, -0.1) is 0 Å². The number of rotatable bonds is 4. The first-order valence-corrected chi connectivity index (χ1v) is 7.48. The number of halogens is 1. The molecule has 1 N–H and O–H groups in total. The van der Waals surface area contributed by atoms with E-state index in [0.717, 1.165) is 15.6 Å². The molecule has 22 heavy (non-hydrogen) atoms. The zero-order chi connectivity index (χ0) is 15.9. The minimum Gasteiger partial charge on any atom is -0.345 e. The van der Waals surface area contributed by atoms with Crippen molar-refractivity contribution in [3.8, 4) is 6.07 Å². The molecule has 0 bridgehead atoms. The molecule has 0 fully saturated rings. The second-order valence-corrected chi connectivity index (χ2v) is 5.53. The summed E-state index contributed by atoms with van der Waals surface area (Å²) in [5, 5.41) is 12.0. The van der Waals surface area contributed by atoms with Crippen molar-refractivity contribution >= 4 is 27.9 Å². The van der Waals surface area contributed by atoms with Crippen LogP contribution >= 0.6 is 15.9 Å². The van der Waals surface area contributed by atoms with E-state index < -0.39 is 5.91 Å². The van der Waals surface area contributed by atoms with E-state index in [-0.39, 0.29) is 11.6 Å². The summed E-state index contributed by atoms with van der Waals surface area (Å²) in [5.74, 6) is -0.400. The number of hydrogen-bond acceptors (Lipinski definition) is 3. The first-order valence-electron chi connectivity index (χ1n) is 6.69. The lowest BCUT2D eigenvalue weighted by Crippen LogP contribution is -2.27. The predicted molar refractivity (Wildman–Crippen MR) is 88.5 cm³/mol. The zero-order valence-electron chi connectivity index (χ0n) is 12.0. The molecular weight excluding hydrogens is 342 g/mol. The van der Waals surface area contributed by atoms with Gasteiger partial charge in [-0.05, 0) is 46.1 Å². The van der Waals surface area contributed by atoms with Crippen LogP contribution in [-0.4, -0.2) is 10.9 Å². The van der Waals surface area contributed by atoms with E-state index in [1.165, 1.54) is 0 Å². The molecule has 1 atom stereocenters. The van der Waals surface area contributed by atoms with Crippen molar-refractivity contribution in [3.05, 3.63) is 70.0 Å². The summed E-state index contributed by atoms with van der Waals surface area (Å²) in [7, 11) is 0. The number of benzene rings is 1. The van der Waals surface area contributed by atoms with Crippen LogP contribution < -0.4 is 5.32 Å². The van der Waals surface area contributed by atoms with Gasteiger partial charge in [0.25, 0.3) is 5.91 Å². The lowest BCUT2D eigenvalue weighted by atomic mass is 10.1. The molecule has 110 valence electrons. The number of carbonyl (C=O) groups excluding carboxylic acids is 1. The lowest BCUT2D eigenvalue weighted by Gasteiger charge is -2.13. The molecule has 5 heteroatoms. The maximum atomic E-state index is 12.2. The van der Waals surface area contributed by atoms with Crippen molar-refractivity contribution < 1.29 is 4.79 Å². The highest BCUT2D eigenvalue weighted by Gasteiger charge is 2.14. The van der Waals surface area contributed by atoms with Crippen LogP contribution in [0.3, 0.4) is 0 Å². The molecule has 0 radical (unpaired) electrons. The Morgan fingerprint density at radius 3 is 2.73 bits per heavy atom. The van der Waals surface area contributed by atoms with Crippen molar-refractivity contribution in [1.29, 1.82) is 5.26 Å². The molecule has 0 saturated carbocycles. The van der Waals surface area contributed by atoms with Crippen molar-refractivity contribution in [3.63, 3.8) is 0 Å². The topological polar surface area (TPSA) is 65.8 Å². The standard InChI is InChI=1S/C17H14BrN3O/c1-12(13-5-3-2-4-6-13)21-17(22)15(10-19)9-14-7-8-20-11-16(14)18/h2-9,11-12H,1H3,(H,21,22). The molecule has 1 heterocycles. The van der Waals surface area contributed by atoms with Gasteiger partial charge in [-0.2, -0.15) is 5.26 Å². The number of carbonyl (C=O) groups is 1. The highest BCUT2D eigenvalue weighted by atomic mass is 79.9.